The first-order chi connectivity index (χ1) is 18.9. The lowest BCUT2D eigenvalue weighted by atomic mass is 10.0. The molecule has 1 atom stereocenters. The third-order valence-corrected chi connectivity index (χ3v) is 8.23. The van der Waals surface area contributed by atoms with Crippen LogP contribution in [0.3, 0.4) is 0 Å². The van der Waals surface area contributed by atoms with Crippen LogP contribution in [0.2, 0.25) is 0 Å². The number of amides is 2. The Morgan fingerprint density at radius 3 is 2.20 bits per heavy atom. The lowest BCUT2D eigenvalue weighted by Crippen LogP contribution is -2.55. The van der Waals surface area contributed by atoms with Gasteiger partial charge in [-0.1, -0.05) is 55.5 Å². The Balaban J connectivity index is 2.09. The molecule has 0 aliphatic rings. The second kappa shape index (κ2) is 13.0. The number of anilines is 1. The molecule has 0 radical (unpaired) electrons. The van der Waals surface area contributed by atoms with Crippen LogP contribution in [0.25, 0.3) is 0 Å². The van der Waals surface area contributed by atoms with Crippen molar-refractivity contribution in [3.8, 4) is 5.75 Å². The monoisotopic (exact) mass is 565 g/mol. The van der Waals surface area contributed by atoms with Crippen LogP contribution in [0, 0.1) is 6.92 Å². The number of rotatable bonds is 11. The smallest absolute Gasteiger partial charge is 0.264 e. The van der Waals surface area contributed by atoms with Gasteiger partial charge in [0.1, 0.15) is 18.3 Å². The first kappa shape index (κ1) is 30.7. The van der Waals surface area contributed by atoms with Gasteiger partial charge < -0.3 is 15.0 Å². The number of nitrogens with one attached hydrogen (secondary N) is 1. The average Bonchev–Trinajstić information content (AvgIpc) is 2.92. The van der Waals surface area contributed by atoms with Crippen molar-refractivity contribution in [1.82, 2.24) is 10.2 Å². The first-order valence-corrected chi connectivity index (χ1v) is 14.7. The van der Waals surface area contributed by atoms with E-state index in [4.69, 9.17) is 4.74 Å². The summed E-state index contributed by atoms with van der Waals surface area (Å²) < 4.78 is 34.2. The third kappa shape index (κ3) is 7.63. The summed E-state index contributed by atoms with van der Waals surface area (Å²) >= 11 is 0. The minimum absolute atomic E-state index is 0.0496. The van der Waals surface area contributed by atoms with Gasteiger partial charge in [-0.25, -0.2) is 8.42 Å². The zero-order chi connectivity index (χ0) is 29.5. The molecular weight excluding hydrogens is 526 g/mol. The van der Waals surface area contributed by atoms with Crippen LogP contribution in [-0.4, -0.2) is 50.4 Å². The minimum atomic E-state index is -4.14. The van der Waals surface area contributed by atoms with E-state index in [9.17, 15) is 18.0 Å². The molecule has 3 aromatic carbocycles. The lowest BCUT2D eigenvalue weighted by Gasteiger charge is -2.35. The summed E-state index contributed by atoms with van der Waals surface area (Å²) in [5.74, 6) is -0.344. The van der Waals surface area contributed by atoms with Crippen molar-refractivity contribution < 1.29 is 22.7 Å². The molecule has 0 fully saturated rings. The number of carbonyl (C=O) groups is 2. The summed E-state index contributed by atoms with van der Waals surface area (Å²) in [4.78, 5) is 29.1. The Morgan fingerprint density at radius 1 is 0.950 bits per heavy atom. The average molecular weight is 566 g/mol. The van der Waals surface area contributed by atoms with E-state index in [1.807, 2.05) is 58.9 Å². The maximum absolute atomic E-state index is 14.2. The van der Waals surface area contributed by atoms with E-state index in [-0.39, 0.29) is 23.0 Å². The highest BCUT2D eigenvalue weighted by Crippen LogP contribution is 2.28. The zero-order valence-electron chi connectivity index (χ0n) is 24.0. The first-order valence-electron chi connectivity index (χ1n) is 13.2. The number of aryl methyl sites for hydroxylation is 1. The van der Waals surface area contributed by atoms with Crippen LogP contribution in [0.15, 0.2) is 83.8 Å². The van der Waals surface area contributed by atoms with Gasteiger partial charge in [-0.2, -0.15) is 0 Å². The number of sulfonamides is 1. The predicted octanol–water partition coefficient (Wildman–Crippen LogP) is 4.92. The molecule has 8 nitrogen and oxygen atoms in total. The molecule has 0 bridgehead atoms. The number of methoxy groups -OCH3 is 1. The molecule has 40 heavy (non-hydrogen) atoms. The Labute approximate surface area is 238 Å². The fourth-order valence-electron chi connectivity index (χ4n) is 4.36. The molecular formula is C31H39N3O5S. The van der Waals surface area contributed by atoms with E-state index in [1.54, 1.807) is 42.5 Å². The topological polar surface area (TPSA) is 96.0 Å². The molecule has 0 aromatic heterocycles. The van der Waals surface area contributed by atoms with Crippen molar-refractivity contribution in [1.29, 1.82) is 0 Å². The fraction of sp³-hybridized carbons (Fsp3) is 0.355. The molecule has 0 saturated heterocycles. The molecule has 214 valence electrons. The molecule has 3 aromatic rings. The highest BCUT2D eigenvalue weighted by molar-refractivity contribution is 7.92. The van der Waals surface area contributed by atoms with Gasteiger partial charge in [0.05, 0.1) is 17.7 Å². The zero-order valence-corrected chi connectivity index (χ0v) is 24.9. The van der Waals surface area contributed by atoms with Crippen LogP contribution >= 0.6 is 0 Å². The van der Waals surface area contributed by atoms with Crippen molar-refractivity contribution in [3.63, 3.8) is 0 Å². The Kier molecular flexibility index (Phi) is 9.98. The third-order valence-electron chi connectivity index (χ3n) is 6.44. The molecule has 0 saturated carbocycles. The summed E-state index contributed by atoms with van der Waals surface area (Å²) in [5.41, 5.74) is 1.61. The van der Waals surface area contributed by atoms with E-state index in [0.29, 0.717) is 12.2 Å². The van der Waals surface area contributed by atoms with Crippen molar-refractivity contribution in [2.24, 2.45) is 0 Å². The second-order valence-electron chi connectivity index (χ2n) is 10.6. The summed E-state index contributed by atoms with van der Waals surface area (Å²) in [6.45, 7) is 9.06. The Bertz CT molecular complexity index is 1420. The van der Waals surface area contributed by atoms with Crippen molar-refractivity contribution in [3.05, 3.63) is 90.0 Å². The van der Waals surface area contributed by atoms with Crippen molar-refractivity contribution in [2.75, 3.05) is 18.0 Å². The van der Waals surface area contributed by atoms with Crippen molar-refractivity contribution >= 4 is 27.5 Å². The summed E-state index contributed by atoms with van der Waals surface area (Å²) in [7, 11) is -2.65. The highest BCUT2D eigenvalue weighted by atomic mass is 32.2. The van der Waals surface area contributed by atoms with Crippen LogP contribution in [0.1, 0.15) is 45.2 Å². The van der Waals surface area contributed by atoms with Crippen molar-refractivity contribution in [2.45, 2.75) is 64.1 Å². The number of nitrogens with zero attached hydrogens (tertiary/aromatic N) is 2. The van der Waals surface area contributed by atoms with E-state index in [0.717, 1.165) is 15.4 Å². The molecule has 2 amide bonds. The molecule has 0 spiro atoms. The number of ether oxygens (including phenoxy) is 1. The van der Waals surface area contributed by atoms with Crippen LogP contribution in [-0.2, 0) is 26.2 Å². The highest BCUT2D eigenvalue weighted by Gasteiger charge is 2.34. The van der Waals surface area contributed by atoms with Crippen LogP contribution in [0.4, 0.5) is 5.69 Å². The molecule has 3 rings (SSSR count). The van der Waals surface area contributed by atoms with Gasteiger partial charge in [0.25, 0.3) is 10.0 Å². The Morgan fingerprint density at radius 2 is 1.60 bits per heavy atom. The Hall–Kier alpha value is -3.85. The van der Waals surface area contributed by atoms with E-state index < -0.39 is 34.1 Å². The molecule has 0 heterocycles. The minimum Gasteiger partial charge on any atom is -0.497 e. The maximum Gasteiger partial charge on any atom is 0.264 e. The molecule has 9 heteroatoms. The fourth-order valence-corrected chi connectivity index (χ4v) is 5.78. The normalized spacial score (nSPS) is 12.3. The number of benzene rings is 3. The van der Waals surface area contributed by atoms with E-state index >= 15 is 0 Å². The quantitative estimate of drug-likeness (QED) is 0.356. The standard InChI is InChI=1S/C31H39N3O5S/c1-7-28(30(36)32-31(3,4)5)33(21-24-15-12-11-14-23(24)2)29(35)22-34(25-16-13-17-26(20-25)39-6)40(37,38)27-18-9-8-10-19-27/h8-20,28H,7,21-22H2,1-6H3,(H,32,36)/t28-/m0/s1. The van der Waals surface area contributed by atoms with E-state index in [1.165, 1.54) is 24.1 Å². The number of carbonyl (C=O) groups excluding carboxylic acids is 2. The van der Waals surface area contributed by atoms with Crippen LogP contribution in [0.5, 0.6) is 5.75 Å². The van der Waals surface area contributed by atoms with Gasteiger partial charge in [0, 0.05) is 18.2 Å². The van der Waals surface area contributed by atoms with Gasteiger partial charge in [-0.05, 0) is 69.5 Å². The molecule has 0 aliphatic carbocycles. The number of hydrogen-bond donors (Lipinski definition) is 1. The van der Waals surface area contributed by atoms with E-state index in [2.05, 4.69) is 5.32 Å². The van der Waals surface area contributed by atoms with Gasteiger partial charge in [-0.3, -0.25) is 13.9 Å². The largest absolute Gasteiger partial charge is 0.497 e. The lowest BCUT2D eigenvalue weighted by molar-refractivity contribution is -0.141. The molecule has 0 unspecified atom stereocenters. The molecule has 1 N–H and O–H groups in total. The molecule has 0 aliphatic heterocycles. The maximum atomic E-state index is 14.2. The van der Waals surface area contributed by atoms with Gasteiger partial charge >= 0.3 is 0 Å². The van der Waals surface area contributed by atoms with Gasteiger partial charge in [0.15, 0.2) is 0 Å². The summed E-state index contributed by atoms with van der Waals surface area (Å²) in [6, 6.07) is 21.4. The summed E-state index contributed by atoms with van der Waals surface area (Å²) in [6.07, 6.45) is 0.351. The van der Waals surface area contributed by atoms with Gasteiger partial charge in [0.2, 0.25) is 11.8 Å². The second-order valence-corrected chi connectivity index (χ2v) is 12.5. The SMILES string of the molecule is CC[C@@H](C(=O)NC(C)(C)C)N(Cc1ccccc1C)C(=O)CN(c1cccc(OC)c1)S(=O)(=O)c1ccccc1. The van der Waals surface area contributed by atoms with Gasteiger partial charge in [-0.15, -0.1) is 0 Å². The van der Waals surface area contributed by atoms with Crippen LogP contribution < -0.4 is 14.4 Å². The number of hydrogen-bond acceptors (Lipinski definition) is 5. The summed E-state index contributed by atoms with van der Waals surface area (Å²) in [5, 5.41) is 2.98. The predicted molar refractivity (Wildman–Crippen MR) is 158 cm³/mol.